The summed E-state index contributed by atoms with van der Waals surface area (Å²) in [7, 11) is 1.67. The maximum absolute atomic E-state index is 5.38. The van der Waals surface area contributed by atoms with Gasteiger partial charge in [-0.25, -0.2) is 0 Å². The molecular formula is C9H11NO2S2. The van der Waals surface area contributed by atoms with E-state index in [1.165, 1.54) is 0 Å². The van der Waals surface area contributed by atoms with Crippen LogP contribution in [0.1, 0.15) is 12.0 Å². The van der Waals surface area contributed by atoms with Crippen LogP contribution < -0.4 is 0 Å². The lowest BCUT2D eigenvalue weighted by atomic mass is 10.3. The molecule has 3 nitrogen and oxygen atoms in total. The van der Waals surface area contributed by atoms with Crippen LogP contribution in [0.3, 0.4) is 0 Å². The molecule has 0 N–H and O–H groups in total. The minimum absolute atomic E-state index is 0.174. The summed E-state index contributed by atoms with van der Waals surface area (Å²) >= 11 is 6.91. The van der Waals surface area contributed by atoms with Gasteiger partial charge in [-0.15, -0.1) is 0 Å². The topological polar surface area (TPSA) is 25.6 Å². The quantitative estimate of drug-likeness (QED) is 0.741. The molecule has 76 valence electrons. The molecule has 1 aromatic rings. The molecule has 0 bridgehead atoms. The fourth-order valence-corrected chi connectivity index (χ4v) is 2.70. The molecule has 0 aromatic carbocycles. The van der Waals surface area contributed by atoms with E-state index in [-0.39, 0.29) is 6.23 Å². The van der Waals surface area contributed by atoms with E-state index < -0.39 is 0 Å². The van der Waals surface area contributed by atoms with Gasteiger partial charge in [0.1, 0.15) is 4.32 Å². The molecule has 1 fully saturated rings. The average Bonchev–Trinajstić information content (AvgIpc) is 2.80. The van der Waals surface area contributed by atoms with Crippen molar-refractivity contribution in [1.82, 2.24) is 4.90 Å². The van der Waals surface area contributed by atoms with Gasteiger partial charge < -0.3 is 14.1 Å². The summed E-state index contributed by atoms with van der Waals surface area (Å²) in [5.41, 5.74) is 0. The molecule has 14 heavy (non-hydrogen) atoms. The largest absolute Gasteiger partial charge is 0.465 e. The summed E-state index contributed by atoms with van der Waals surface area (Å²) in [6, 6.07) is 3.76. The number of furan rings is 1. The standard InChI is InChI=1S/C9H11NO2S2/c1-11-8(7-3-2-5-12-7)10-4-6-14-9(10)13/h2-3,5,8H,4,6H2,1H3. The Morgan fingerprint density at radius 2 is 2.57 bits per heavy atom. The number of hydrogen-bond acceptors (Lipinski definition) is 4. The van der Waals surface area contributed by atoms with Crippen LogP contribution in [0.5, 0.6) is 0 Å². The summed E-state index contributed by atoms with van der Waals surface area (Å²) < 4.78 is 11.6. The lowest BCUT2D eigenvalue weighted by molar-refractivity contribution is -0.00293. The van der Waals surface area contributed by atoms with Crippen molar-refractivity contribution in [2.24, 2.45) is 0 Å². The molecule has 1 saturated heterocycles. The van der Waals surface area contributed by atoms with Gasteiger partial charge in [-0.2, -0.15) is 0 Å². The Bertz CT molecular complexity index is 313. The Hall–Kier alpha value is -0.520. The van der Waals surface area contributed by atoms with Gasteiger partial charge in [0, 0.05) is 19.4 Å². The van der Waals surface area contributed by atoms with Crippen molar-refractivity contribution in [3.8, 4) is 0 Å². The van der Waals surface area contributed by atoms with E-state index in [0.29, 0.717) is 0 Å². The van der Waals surface area contributed by atoms with Crippen molar-refractivity contribution < 1.29 is 9.15 Å². The van der Waals surface area contributed by atoms with Crippen molar-refractivity contribution in [2.75, 3.05) is 19.4 Å². The van der Waals surface area contributed by atoms with Gasteiger partial charge in [-0.05, 0) is 12.1 Å². The zero-order valence-corrected chi connectivity index (χ0v) is 9.44. The Balaban J connectivity index is 2.17. The number of thiocarbonyl (C=S) groups is 1. The third-order valence-electron chi connectivity index (χ3n) is 2.09. The molecule has 1 atom stereocenters. The van der Waals surface area contributed by atoms with Gasteiger partial charge >= 0.3 is 0 Å². The van der Waals surface area contributed by atoms with Crippen molar-refractivity contribution in [3.05, 3.63) is 24.2 Å². The zero-order chi connectivity index (χ0) is 9.97. The second kappa shape index (κ2) is 4.33. The van der Waals surface area contributed by atoms with E-state index in [0.717, 1.165) is 22.4 Å². The molecule has 1 aliphatic rings. The van der Waals surface area contributed by atoms with Gasteiger partial charge in [0.2, 0.25) is 0 Å². The van der Waals surface area contributed by atoms with Crippen LogP contribution in [0.15, 0.2) is 22.8 Å². The van der Waals surface area contributed by atoms with Gasteiger partial charge in [0.25, 0.3) is 0 Å². The SMILES string of the molecule is COC(c1ccco1)N1CCSC1=S. The third kappa shape index (κ3) is 1.80. The highest BCUT2D eigenvalue weighted by atomic mass is 32.2. The predicted octanol–water partition coefficient (Wildman–Crippen LogP) is 2.26. The Morgan fingerprint density at radius 3 is 3.07 bits per heavy atom. The van der Waals surface area contributed by atoms with Crippen LogP contribution in [0.25, 0.3) is 0 Å². The first-order chi connectivity index (χ1) is 6.83. The summed E-state index contributed by atoms with van der Waals surface area (Å²) in [4.78, 5) is 2.04. The fraction of sp³-hybridized carbons (Fsp3) is 0.444. The Kier molecular flexibility index (Phi) is 3.10. The highest BCUT2D eigenvalue weighted by molar-refractivity contribution is 8.23. The number of nitrogens with zero attached hydrogens (tertiary/aromatic N) is 1. The van der Waals surface area contributed by atoms with Crippen LogP contribution >= 0.6 is 24.0 Å². The van der Waals surface area contributed by atoms with Crippen LogP contribution in [-0.2, 0) is 4.74 Å². The molecule has 1 aliphatic heterocycles. The number of rotatable bonds is 3. The van der Waals surface area contributed by atoms with Gasteiger partial charge in [-0.1, -0.05) is 24.0 Å². The van der Waals surface area contributed by atoms with Crippen LogP contribution in [-0.4, -0.2) is 28.6 Å². The number of thioether (sulfide) groups is 1. The van der Waals surface area contributed by atoms with E-state index >= 15 is 0 Å². The molecule has 0 saturated carbocycles. The van der Waals surface area contributed by atoms with E-state index in [1.807, 2.05) is 17.0 Å². The lowest BCUT2D eigenvalue weighted by Gasteiger charge is -2.25. The van der Waals surface area contributed by atoms with Gasteiger partial charge in [-0.3, -0.25) is 0 Å². The zero-order valence-electron chi connectivity index (χ0n) is 7.80. The van der Waals surface area contributed by atoms with Crippen LogP contribution in [0.4, 0.5) is 0 Å². The number of hydrogen-bond donors (Lipinski definition) is 0. The molecule has 1 unspecified atom stereocenters. The normalized spacial score (nSPS) is 18.9. The first-order valence-electron chi connectivity index (χ1n) is 4.32. The third-order valence-corrected chi connectivity index (χ3v) is 3.54. The molecule has 0 radical (unpaired) electrons. The molecular weight excluding hydrogens is 218 g/mol. The fourth-order valence-electron chi connectivity index (χ4n) is 1.45. The molecule has 1 aromatic heterocycles. The summed E-state index contributed by atoms with van der Waals surface area (Å²) in [5.74, 6) is 1.83. The van der Waals surface area contributed by atoms with Crippen LogP contribution in [0.2, 0.25) is 0 Å². The molecule has 0 amide bonds. The second-order valence-electron chi connectivity index (χ2n) is 2.91. The van der Waals surface area contributed by atoms with Gasteiger partial charge in [0.05, 0.1) is 6.26 Å². The minimum Gasteiger partial charge on any atom is -0.465 e. The van der Waals surface area contributed by atoms with Crippen molar-refractivity contribution in [3.63, 3.8) is 0 Å². The smallest absolute Gasteiger partial charge is 0.189 e. The monoisotopic (exact) mass is 229 g/mol. The van der Waals surface area contributed by atoms with E-state index in [4.69, 9.17) is 21.4 Å². The highest BCUT2D eigenvalue weighted by Gasteiger charge is 2.28. The maximum Gasteiger partial charge on any atom is 0.189 e. The number of ether oxygens (including phenoxy) is 1. The van der Waals surface area contributed by atoms with E-state index in [1.54, 1.807) is 25.1 Å². The summed E-state index contributed by atoms with van der Waals surface area (Å²) in [6.07, 6.45) is 1.47. The molecule has 2 heterocycles. The van der Waals surface area contributed by atoms with Gasteiger partial charge in [0.15, 0.2) is 12.0 Å². The molecule has 2 rings (SSSR count). The van der Waals surface area contributed by atoms with E-state index in [2.05, 4.69) is 0 Å². The van der Waals surface area contributed by atoms with Crippen molar-refractivity contribution in [2.45, 2.75) is 6.23 Å². The number of methoxy groups -OCH3 is 1. The van der Waals surface area contributed by atoms with E-state index in [9.17, 15) is 0 Å². The average molecular weight is 229 g/mol. The van der Waals surface area contributed by atoms with Crippen molar-refractivity contribution in [1.29, 1.82) is 0 Å². The highest BCUT2D eigenvalue weighted by Crippen LogP contribution is 2.29. The maximum atomic E-state index is 5.38. The lowest BCUT2D eigenvalue weighted by Crippen LogP contribution is -2.29. The van der Waals surface area contributed by atoms with Crippen molar-refractivity contribution >= 4 is 28.3 Å². The Labute approximate surface area is 92.4 Å². The van der Waals surface area contributed by atoms with Crippen LogP contribution in [0, 0.1) is 0 Å². The molecule has 0 spiro atoms. The Morgan fingerprint density at radius 1 is 1.71 bits per heavy atom. The molecule has 5 heteroatoms. The first-order valence-corrected chi connectivity index (χ1v) is 5.72. The summed E-state index contributed by atoms with van der Waals surface area (Å²) in [6.45, 7) is 0.919. The predicted molar refractivity (Wildman–Crippen MR) is 60.2 cm³/mol. The first kappa shape index (κ1) is 10.0. The molecule has 0 aliphatic carbocycles. The minimum atomic E-state index is -0.174. The summed E-state index contributed by atoms with van der Waals surface area (Å²) in [5, 5.41) is 0. The second-order valence-corrected chi connectivity index (χ2v) is 4.64.